The van der Waals surface area contributed by atoms with Gasteiger partial charge >= 0.3 is 12.1 Å². The summed E-state index contributed by atoms with van der Waals surface area (Å²) in [4.78, 5) is 21.8. The van der Waals surface area contributed by atoms with Gasteiger partial charge in [0.15, 0.2) is 0 Å². The lowest BCUT2D eigenvalue weighted by molar-refractivity contribution is -0.134. The highest BCUT2D eigenvalue weighted by Gasteiger charge is 2.06. The highest BCUT2D eigenvalue weighted by Crippen LogP contribution is 1.95. The van der Waals surface area contributed by atoms with Crippen molar-refractivity contribution in [3.05, 3.63) is 36.5 Å². The Labute approximate surface area is 108 Å². The molecule has 0 aromatic carbocycles. The van der Waals surface area contributed by atoms with Crippen molar-refractivity contribution in [2.75, 3.05) is 6.61 Å². The van der Waals surface area contributed by atoms with Crippen LogP contribution in [0.25, 0.3) is 0 Å². The molecule has 0 aliphatic carbocycles. The first-order valence-corrected chi connectivity index (χ1v) is 6.07. The minimum atomic E-state index is -0.971. The Morgan fingerprint density at radius 1 is 1.00 bits per heavy atom. The molecule has 0 saturated heterocycles. The van der Waals surface area contributed by atoms with E-state index in [-0.39, 0.29) is 6.61 Å². The van der Waals surface area contributed by atoms with Crippen molar-refractivity contribution in [3.63, 3.8) is 0 Å². The Kier molecular flexibility index (Phi) is 10.4. The minimum Gasteiger partial charge on any atom is -0.434 e. The van der Waals surface area contributed by atoms with Gasteiger partial charge in [-0.05, 0) is 26.2 Å². The van der Waals surface area contributed by atoms with E-state index in [4.69, 9.17) is 0 Å². The normalized spacial score (nSPS) is 11.4. The van der Waals surface area contributed by atoms with Crippen LogP contribution >= 0.6 is 0 Å². The largest absolute Gasteiger partial charge is 0.516 e. The summed E-state index contributed by atoms with van der Waals surface area (Å²) >= 11 is 0. The highest BCUT2D eigenvalue weighted by atomic mass is 16.7. The molecule has 4 nitrogen and oxygen atoms in total. The fourth-order valence-corrected chi connectivity index (χ4v) is 1.05. The zero-order valence-electron chi connectivity index (χ0n) is 10.9. The number of unbranched alkanes of at least 4 members (excludes halogenated alkanes) is 1. The van der Waals surface area contributed by atoms with Crippen LogP contribution in [0.15, 0.2) is 36.5 Å². The summed E-state index contributed by atoms with van der Waals surface area (Å²) in [5.41, 5.74) is 0. The van der Waals surface area contributed by atoms with Crippen molar-refractivity contribution in [1.82, 2.24) is 0 Å². The van der Waals surface area contributed by atoms with Crippen molar-refractivity contribution in [1.29, 1.82) is 0 Å². The number of esters is 1. The molecule has 100 valence electrons. The molecule has 0 fully saturated rings. The fraction of sp³-hybridized carbons (Fsp3) is 0.429. The number of hydrogen-bond donors (Lipinski definition) is 0. The molecule has 0 spiro atoms. The molecule has 0 rings (SSSR count). The molecule has 0 heterocycles. The molecule has 18 heavy (non-hydrogen) atoms. The van der Waals surface area contributed by atoms with E-state index < -0.39 is 12.1 Å². The van der Waals surface area contributed by atoms with Gasteiger partial charge in [-0.1, -0.05) is 37.3 Å². The zero-order valence-corrected chi connectivity index (χ0v) is 10.9. The maximum atomic E-state index is 11.0. The summed E-state index contributed by atoms with van der Waals surface area (Å²) in [5.74, 6) is -0.732. The highest BCUT2D eigenvalue weighted by molar-refractivity contribution is 5.89. The van der Waals surface area contributed by atoms with Gasteiger partial charge in [-0.2, -0.15) is 0 Å². The smallest absolute Gasteiger partial charge is 0.434 e. The Morgan fingerprint density at radius 2 is 1.72 bits per heavy atom. The van der Waals surface area contributed by atoms with Gasteiger partial charge in [0.2, 0.25) is 0 Å². The zero-order chi connectivity index (χ0) is 13.6. The summed E-state index contributed by atoms with van der Waals surface area (Å²) in [6, 6.07) is 0. The van der Waals surface area contributed by atoms with Gasteiger partial charge < -0.3 is 9.47 Å². The van der Waals surface area contributed by atoms with E-state index in [1.54, 1.807) is 13.0 Å². The Balaban J connectivity index is 3.74. The fourth-order valence-electron chi connectivity index (χ4n) is 1.05. The van der Waals surface area contributed by atoms with Crippen LogP contribution in [-0.4, -0.2) is 18.7 Å². The number of carbonyl (C=O) groups excluding carboxylic acids is 2. The first-order chi connectivity index (χ1) is 8.70. The molecule has 0 radical (unpaired) electrons. The summed E-state index contributed by atoms with van der Waals surface area (Å²) in [6.07, 6.45) is 12.6. The van der Waals surface area contributed by atoms with Crippen LogP contribution in [0.3, 0.4) is 0 Å². The van der Waals surface area contributed by atoms with Crippen molar-refractivity contribution in [2.45, 2.75) is 33.1 Å². The third-order valence-electron chi connectivity index (χ3n) is 1.83. The number of hydrogen-bond acceptors (Lipinski definition) is 4. The molecule has 0 aromatic heterocycles. The summed E-state index contributed by atoms with van der Waals surface area (Å²) in [7, 11) is 0. The Hall–Kier alpha value is -1.84. The van der Waals surface area contributed by atoms with Crippen LogP contribution < -0.4 is 0 Å². The molecule has 0 saturated carbocycles. The predicted octanol–water partition coefficient (Wildman–Crippen LogP) is 3.54. The predicted molar refractivity (Wildman–Crippen MR) is 70.1 cm³/mol. The average molecular weight is 252 g/mol. The monoisotopic (exact) mass is 252 g/mol. The van der Waals surface area contributed by atoms with E-state index in [0.717, 1.165) is 19.3 Å². The number of rotatable bonds is 7. The van der Waals surface area contributed by atoms with Crippen molar-refractivity contribution in [3.8, 4) is 0 Å². The second-order valence-electron chi connectivity index (χ2n) is 3.35. The summed E-state index contributed by atoms with van der Waals surface area (Å²) < 4.78 is 8.77. The van der Waals surface area contributed by atoms with E-state index in [2.05, 4.69) is 28.5 Å². The molecule has 0 atom stereocenters. The second-order valence-corrected chi connectivity index (χ2v) is 3.35. The van der Waals surface area contributed by atoms with Gasteiger partial charge in [0.1, 0.15) is 0 Å². The van der Waals surface area contributed by atoms with Gasteiger partial charge in [-0.25, -0.2) is 9.59 Å². The SMILES string of the molecule is CCC=CCCC=CC=CC(=O)OC(=O)OCC. The number of allylic oxidation sites excluding steroid dienone is 5. The number of ether oxygens (including phenoxy) is 2. The van der Waals surface area contributed by atoms with Gasteiger partial charge in [-0.15, -0.1) is 0 Å². The Bertz CT molecular complexity index is 327. The van der Waals surface area contributed by atoms with Crippen LogP contribution in [0.4, 0.5) is 4.79 Å². The number of carbonyl (C=O) groups is 2. The lowest BCUT2D eigenvalue weighted by atomic mass is 10.2. The lowest BCUT2D eigenvalue weighted by Crippen LogP contribution is -2.11. The maximum Gasteiger partial charge on any atom is 0.516 e. The van der Waals surface area contributed by atoms with E-state index in [0.29, 0.717) is 0 Å². The maximum absolute atomic E-state index is 11.0. The second kappa shape index (κ2) is 11.6. The third-order valence-corrected chi connectivity index (χ3v) is 1.83. The summed E-state index contributed by atoms with van der Waals surface area (Å²) in [6.45, 7) is 3.91. The van der Waals surface area contributed by atoms with E-state index >= 15 is 0 Å². The van der Waals surface area contributed by atoms with Crippen LogP contribution in [0.5, 0.6) is 0 Å². The molecular formula is C14H20O4. The van der Waals surface area contributed by atoms with E-state index in [9.17, 15) is 9.59 Å². The molecule has 0 aliphatic heterocycles. The van der Waals surface area contributed by atoms with Gasteiger partial charge in [0.05, 0.1) is 6.61 Å². The molecule has 4 heteroatoms. The molecule has 0 bridgehead atoms. The molecule has 0 N–H and O–H groups in total. The topological polar surface area (TPSA) is 52.6 Å². The molecule has 0 aromatic rings. The van der Waals surface area contributed by atoms with Crippen LogP contribution in [0.1, 0.15) is 33.1 Å². The van der Waals surface area contributed by atoms with Gasteiger partial charge in [-0.3, -0.25) is 0 Å². The van der Waals surface area contributed by atoms with Gasteiger partial charge in [0.25, 0.3) is 0 Å². The minimum absolute atomic E-state index is 0.182. The van der Waals surface area contributed by atoms with Crippen molar-refractivity contribution in [2.24, 2.45) is 0 Å². The van der Waals surface area contributed by atoms with E-state index in [1.165, 1.54) is 12.2 Å². The standard InChI is InChI=1S/C14H20O4/c1-3-5-6-7-8-9-10-11-12-13(15)18-14(16)17-4-2/h5-6,9-12H,3-4,7-8H2,1-2H3. The molecule has 0 aliphatic rings. The lowest BCUT2D eigenvalue weighted by Gasteiger charge is -1.98. The first-order valence-electron chi connectivity index (χ1n) is 6.07. The van der Waals surface area contributed by atoms with Crippen LogP contribution in [0.2, 0.25) is 0 Å². The van der Waals surface area contributed by atoms with Crippen molar-refractivity contribution >= 4 is 12.1 Å². The van der Waals surface area contributed by atoms with Crippen molar-refractivity contribution < 1.29 is 19.1 Å². The third kappa shape index (κ3) is 10.7. The molecule has 0 amide bonds. The molecule has 0 unspecified atom stereocenters. The first kappa shape index (κ1) is 16.2. The van der Waals surface area contributed by atoms with Crippen LogP contribution in [0, 0.1) is 0 Å². The molecular weight excluding hydrogens is 232 g/mol. The van der Waals surface area contributed by atoms with Crippen LogP contribution in [-0.2, 0) is 14.3 Å². The summed E-state index contributed by atoms with van der Waals surface area (Å²) in [5, 5.41) is 0. The quantitative estimate of drug-likeness (QED) is 0.174. The van der Waals surface area contributed by atoms with Gasteiger partial charge in [0, 0.05) is 6.08 Å². The Morgan fingerprint density at radius 3 is 2.39 bits per heavy atom. The van der Waals surface area contributed by atoms with E-state index in [1.807, 2.05) is 6.08 Å². The average Bonchev–Trinajstić information content (AvgIpc) is 2.32.